The number of piperidine rings is 1. The highest BCUT2D eigenvalue weighted by Gasteiger charge is 2.36. The van der Waals surface area contributed by atoms with Crippen molar-refractivity contribution in [3.05, 3.63) is 83.1 Å². The van der Waals surface area contributed by atoms with Crippen molar-refractivity contribution in [1.82, 2.24) is 14.9 Å². The molecule has 1 aromatic carbocycles. The fourth-order valence-corrected chi connectivity index (χ4v) is 4.67. The number of pyridine rings is 1. The summed E-state index contributed by atoms with van der Waals surface area (Å²) in [5.74, 6) is 0.870. The van der Waals surface area contributed by atoms with Gasteiger partial charge in [-0.1, -0.05) is 30.7 Å². The van der Waals surface area contributed by atoms with Gasteiger partial charge in [0, 0.05) is 42.0 Å². The largest absolute Gasteiger partial charge is 0.508 e. The fraction of sp³-hybridized carbons (Fsp3) is 0.346. The van der Waals surface area contributed by atoms with E-state index in [1.165, 1.54) is 24.3 Å². The van der Waals surface area contributed by atoms with Crippen LogP contribution in [0.5, 0.6) is 5.75 Å². The number of likely N-dealkylation sites (tertiary alicyclic amines) is 1. The Balaban J connectivity index is 1.45. The number of hydrogen-bond acceptors (Lipinski definition) is 6. The number of nitrogens with zero attached hydrogens (tertiary/aromatic N) is 4. The van der Waals surface area contributed by atoms with Gasteiger partial charge in [0.15, 0.2) is 5.76 Å². The summed E-state index contributed by atoms with van der Waals surface area (Å²) in [5.41, 5.74) is 3.30. The molecular weight excluding hydrogens is 416 g/mol. The standard InChI is InChI=1S/C26H28N4O3/c1-18-20(17-29-12-5-2-6-13-29)14-25(33-18)26(32)30-23(21-9-3-4-10-24(21)31)15-22(28-30)19-8-7-11-27-16-19/h3-4,7-11,14,16,23,31H,2,5-6,12-13,15,17H2,1H3. The van der Waals surface area contributed by atoms with Crippen LogP contribution in [0, 0.1) is 6.92 Å². The molecule has 1 N–H and O–H groups in total. The lowest BCUT2D eigenvalue weighted by Crippen LogP contribution is -2.29. The molecule has 1 atom stereocenters. The monoisotopic (exact) mass is 444 g/mol. The van der Waals surface area contributed by atoms with Gasteiger partial charge in [0.05, 0.1) is 11.8 Å². The summed E-state index contributed by atoms with van der Waals surface area (Å²) in [6, 6.07) is 12.3. The number of hydrogen-bond donors (Lipinski definition) is 1. The van der Waals surface area contributed by atoms with E-state index >= 15 is 0 Å². The minimum atomic E-state index is -0.426. The zero-order chi connectivity index (χ0) is 22.8. The van der Waals surface area contributed by atoms with Crippen molar-refractivity contribution in [3.63, 3.8) is 0 Å². The Morgan fingerprint density at radius 1 is 1.15 bits per heavy atom. The average Bonchev–Trinajstić information content (AvgIpc) is 3.44. The first-order valence-corrected chi connectivity index (χ1v) is 11.5. The molecule has 1 unspecified atom stereocenters. The van der Waals surface area contributed by atoms with Gasteiger partial charge in [0.1, 0.15) is 11.5 Å². The molecule has 7 heteroatoms. The number of carbonyl (C=O) groups is 1. The van der Waals surface area contributed by atoms with Crippen LogP contribution in [0.2, 0.25) is 0 Å². The Morgan fingerprint density at radius 2 is 1.97 bits per heavy atom. The van der Waals surface area contributed by atoms with E-state index in [1.807, 2.05) is 37.3 Å². The molecule has 0 bridgehead atoms. The number of aryl methyl sites for hydroxylation is 1. The summed E-state index contributed by atoms with van der Waals surface area (Å²) < 4.78 is 5.92. The predicted molar refractivity (Wildman–Crippen MR) is 125 cm³/mol. The number of furan rings is 1. The molecule has 33 heavy (non-hydrogen) atoms. The topological polar surface area (TPSA) is 82.2 Å². The van der Waals surface area contributed by atoms with E-state index in [4.69, 9.17) is 4.42 Å². The minimum absolute atomic E-state index is 0.143. The Labute approximate surface area is 193 Å². The number of para-hydroxylation sites is 1. The van der Waals surface area contributed by atoms with Crippen molar-refractivity contribution < 1.29 is 14.3 Å². The Morgan fingerprint density at radius 3 is 2.73 bits per heavy atom. The molecule has 3 aromatic rings. The first-order valence-electron chi connectivity index (χ1n) is 11.5. The number of phenolic OH excluding ortho intramolecular Hbond substituents is 1. The molecular formula is C26H28N4O3. The minimum Gasteiger partial charge on any atom is -0.508 e. The number of benzene rings is 1. The molecule has 1 fully saturated rings. The molecule has 1 amide bonds. The first kappa shape index (κ1) is 21.4. The van der Waals surface area contributed by atoms with E-state index in [9.17, 15) is 9.90 Å². The van der Waals surface area contributed by atoms with Crippen molar-refractivity contribution in [2.45, 2.75) is 45.2 Å². The number of hydrazone groups is 1. The lowest BCUT2D eigenvalue weighted by molar-refractivity contribution is 0.0675. The van der Waals surface area contributed by atoms with Crippen LogP contribution in [0.4, 0.5) is 0 Å². The van der Waals surface area contributed by atoms with Crippen LogP contribution < -0.4 is 0 Å². The van der Waals surface area contributed by atoms with Crippen molar-refractivity contribution in [2.75, 3.05) is 13.1 Å². The van der Waals surface area contributed by atoms with Gasteiger partial charge in [-0.3, -0.25) is 14.7 Å². The fourth-order valence-electron chi connectivity index (χ4n) is 4.67. The van der Waals surface area contributed by atoms with Gasteiger partial charge in [0.2, 0.25) is 0 Å². The molecule has 2 aliphatic heterocycles. The van der Waals surface area contributed by atoms with Crippen molar-refractivity contribution >= 4 is 11.6 Å². The molecule has 0 aliphatic carbocycles. The number of rotatable bonds is 5. The van der Waals surface area contributed by atoms with Crippen LogP contribution in [0.1, 0.15) is 64.7 Å². The molecule has 5 rings (SSSR count). The number of phenols is 1. The van der Waals surface area contributed by atoms with Gasteiger partial charge >= 0.3 is 5.91 Å². The lowest BCUT2D eigenvalue weighted by atomic mass is 9.98. The smallest absolute Gasteiger partial charge is 0.310 e. The molecule has 7 nitrogen and oxygen atoms in total. The summed E-state index contributed by atoms with van der Waals surface area (Å²) in [4.78, 5) is 20.2. The number of carbonyl (C=O) groups excluding carboxylic acids is 1. The maximum Gasteiger partial charge on any atom is 0.310 e. The van der Waals surface area contributed by atoms with E-state index < -0.39 is 6.04 Å². The highest BCUT2D eigenvalue weighted by Crippen LogP contribution is 2.38. The van der Waals surface area contributed by atoms with Gasteiger partial charge in [-0.25, -0.2) is 5.01 Å². The molecule has 0 radical (unpaired) electrons. The Hall–Kier alpha value is -3.45. The first-order chi connectivity index (χ1) is 16.1. The van der Waals surface area contributed by atoms with E-state index in [0.29, 0.717) is 12.0 Å². The molecule has 0 saturated carbocycles. The van der Waals surface area contributed by atoms with Crippen molar-refractivity contribution in [2.24, 2.45) is 5.10 Å². The average molecular weight is 445 g/mol. The van der Waals surface area contributed by atoms with Gasteiger partial charge < -0.3 is 9.52 Å². The molecule has 1 saturated heterocycles. The van der Waals surface area contributed by atoms with Crippen LogP contribution in [-0.2, 0) is 6.54 Å². The third kappa shape index (κ3) is 4.41. The highest BCUT2D eigenvalue weighted by atomic mass is 16.4. The molecule has 0 spiro atoms. The Bertz CT molecular complexity index is 1170. The summed E-state index contributed by atoms with van der Waals surface area (Å²) in [5, 5.41) is 16.6. The second-order valence-corrected chi connectivity index (χ2v) is 8.75. The SMILES string of the molecule is Cc1oc(C(=O)N2N=C(c3cccnc3)CC2c2ccccc2O)cc1CN1CCCCC1. The van der Waals surface area contributed by atoms with E-state index in [-0.39, 0.29) is 17.4 Å². The second-order valence-electron chi connectivity index (χ2n) is 8.75. The second kappa shape index (κ2) is 9.19. The van der Waals surface area contributed by atoms with Gasteiger partial charge in [-0.05, 0) is 51.1 Å². The summed E-state index contributed by atoms with van der Waals surface area (Å²) in [6.07, 6.45) is 7.63. The van der Waals surface area contributed by atoms with E-state index in [2.05, 4.69) is 15.0 Å². The van der Waals surface area contributed by atoms with Gasteiger partial charge in [0.25, 0.3) is 0 Å². The van der Waals surface area contributed by atoms with Gasteiger partial charge in [-0.15, -0.1) is 0 Å². The molecule has 170 valence electrons. The summed E-state index contributed by atoms with van der Waals surface area (Å²) in [6.45, 7) is 4.85. The number of amides is 1. The highest BCUT2D eigenvalue weighted by molar-refractivity contribution is 6.04. The molecule has 2 aromatic heterocycles. The maximum atomic E-state index is 13.6. The van der Waals surface area contributed by atoms with Crippen LogP contribution in [0.3, 0.4) is 0 Å². The summed E-state index contributed by atoms with van der Waals surface area (Å²) >= 11 is 0. The van der Waals surface area contributed by atoms with Crippen LogP contribution >= 0.6 is 0 Å². The Kier molecular flexibility index (Phi) is 5.96. The van der Waals surface area contributed by atoms with Crippen LogP contribution in [-0.4, -0.2) is 44.7 Å². The van der Waals surface area contributed by atoms with Crippen LogP contribution in [0.15, 0.2) is 64.4 Å². The van der Waals surface area contributed by atoms with E-state index in [1.54, 1.807) is 24.5 Å². The zero-order valence-corrected chi connectivity index (χ0v) is 18.8. The maximum absolute atomic E-state index is 13.6. The number of aromatic hydroxyl groups is 1. The normalized spacial score (nSPS) is 19.0. The zero-order valence-electron chi connectivity index (χ0n) is 18.8. The predicted octanol–water partition coefficient (Wildman–Crippen LogP) is 4.67. The van der Waals surface area contributed by atoms with Crippen LogP contribution in [0.25, 0.3) is 0 Å². The third-order valence-corrected chi connectivity index (χ3v) is 6.48. The van der Waals surface area contributed by atoms with Crippen molar-refractivity contribution in [3.8, 4) is 5.75 Å². The lowest BCUT2D eigenvalue weighted by Gasteiger charge is -2.25. The number of aromatic nitrogens is 1. The quantitative estimate of drug-likeness (QED) is 0.619. The molecule has 4 heterocycles. The van der Waals surface area contributed by atoms with Crippen molar-refractivity contribution in [1.29, 1.82) is 0 Å². The molecule has 2 aliphatic rings. The van der Waals surface area contributed by atoms with Gasteiger partial charge in [-0.2, -0.15) is 5.10 Å². The third-order valence-electron chi connectivity index (χ3n) is 6.48. The van der Waals surface area contributed by atoms with E-state index in [0.717, 1.165) is 42.2 Å². The summed E-state index contributed by atoms with van der Waals surface area (Å²) in [7, 11) is 0.